The second-order valence-corrected chi connectivity index (χ2v) is 5.73. The van der Waals surface area contributed by atoms with E-state index in [-0.39, 0.29) is 5.52 Å². The van der Waals surface area contributed by atoms with E-state index < -0.39 is 11.6 Å². The first-order valence-electron chi connectivity index (χ1n) is 7.94. The van der Waals surface area contributed by atoms with Crippen LogP contribution in [-0.4, -0.2) is 25.2 Å². The second-order valence-electron chi connectivity index (χ2n) is 5.73. The molecule has 0 aliphatic heterocycles. The van der Waals surface area contributed by atoms with Gasteiger partial charge in [-0.1, -0.05) is 18.2 Å². The van der Waals surface area contributed by atoms with Crippen LogP contribution in [0.15, 0.2) is 57.7 Å². The molecule has 26 heavy (non-hydrogen) atoms. The van der Waals surface area contributed by atoms with Crippen molar-refractivity contribution in [3.8, 4) is 17.0 Å². The second kappa shape index (κ2) is 6.07. The molecule has 0 radical (unpaired) electrons. The van der Waals surface area contributed by atoms with Crippen molar-refractivity contribution in [2.24, 2.45) is 0 Å². The number of ether oxygens (including phenoxy) is 2. The van der Waals surface area contributed by atoms with E-state index in [4.69, 9.17) is 13.9 Å². The summed E-state index contributed by atoms with van der Waals surface area (Å²) in [4.78, 5) is 28.0. The fourth-order valence-electron chi connectivity index (χ4n) is 3.12. The zero-order valence-corrected chi connectivity index (χ0v) is 14.2. The maximum absolute atomic E-state index is 12.6. The number of nitrogens with one attached hydrogen (secondary N) is 1. The molecule has 0 unspecified atom stereocenters. The van der Waals surface area contributed by atoms with Crippen molar-refractivity contribution in [2.45, 2.75) is 0 Å². The first-order chi connectivity index (χ1) is 12.6. The number of aromatic amines is 1. The van der Waals surface area contributed by atoms with Crippen molar-refractivity contribution < 1.29 is 18.7 Å². The average molecular weight is 349 g/mol. The minimum atomic E-state index is -0.538. The molecule has 0 saturated carbocycles. The van der Waals surface area contributed by atoms with Gasteiger partial charge in [-0.25, -0.2) is 9.59 Å². The number of H-pyrrole nitrogens is 1. The molecule has 0 bridgehead atoms. The van der Waals surface area contributed by atoms with Crippen LogP contribution in [0, 0.1) is 0 Å². The molecule has 1 N–H and O–H groups in total. The summed E-state index contributed by atoms with van der Waals surface area (Å²) in [6, 6.07) is 14.3. The highest BCUT2D eigenvalue weighted by atomic mass is 16.5. The van der Waals surface area contributed by atoms with Gasteiger partial charge < -0.3 is 18.9 Å². The SMILES string of the molecule is COC(=O)c1c(-c2ccc(OC)cc2)[nH]c2c(=O)oc3ccccc3c12. The molecule has 0 aliphatic carbocycles. The Balaban J connectivity index is 2.13. The lowest BCUT2D eigenvalue weighted by molar-refractivity contribution is 0.0604. The van der Waals surface area contributed by atoms with Crippen molar-refractivity contribution >= 4 is 27.8 Å². The van der Waals surface area contributed by atoms with Crippen LogP contribution in [0.1, 0.15) is 10.4 Å². The van der Waals surface area contributed by atoms with Crippen molar-refractivity contribution in [1.29, 1.82) is 0 Å². The molecular formula is C20H15NO5. The topological polar surface area (TPSA) is 81.5 Å². The number of fused-ring (bicyclic) bond motifs is 3. The fourth-order valence-corrected chi connectivity index (χ4v) is 3.12. The predicted octanol–water partition coefficient (Wildman–Crippen LogP) is 3.74. The molecule has 0 spiro atoms. The Hall–Kier alpha value is -3.54. The van der Waals surface area contributed by atoms with E-state index in [9.17, 15) is 9.59 Å². The van der Waals surface area contributed by atoms with Crippen LogP contribution < -0.4 is 10.4 Å². The molecule has 0 amide bonds. The molecule has 0 aliphatic rings. The van der Waals surface area contributed by atoms with Crippen molar-refractivity contribution in [3.63, 3.8) is 0 Å². The maximum Gasteiger partial charge on any atom is 0.360 e. The Morgan fingerprint density at radius 1 is 1.04 bits per heavy atom. The fraction of sp³-hybridized carbons (Fsp3) is 0.100. The van der Waals surface area contributed by atoms with Gasteiger partial charge in [-0.3, -0.25) is 0 Å². The molecule has 2 aromatic heterocycles. The van der Waals surface area contributed by atoms with Gasteiger partial charge in [-0.2, -0.15) is 0 Å². The average Bonchev–Trinajstić information content (AvgIpc) is 3.09. The van der Waals surface area contributed by atoms with Crippen LogP contribution in [0.3, 0.4) is 0 Å². The largest absolute Gasteiger partial charge is 0.497 e. The summed E-state index contributed by atoms with van der Waals surface area (Å²) < 4.78 is 15.5. The summed E-state index contributed by atoms with van der Waals surface area (Å²) in [5, 5.41) is 1.16. The highest BCUT2D eigenvalue weighted by Crippen LogP contribution is 2.34. The normalized spacial score (nSPS) is 11.0. The van der Waals surface area contributed by atoms with Gasteiger partial charge in [-0.15, -0.1) is 0 Å². The number of methoxy groups -OCH3 is 2. The molecule has 2 aromatic carbocycles. The van der Waals surface area contributed by atoms with Crippen molar-refractivity contribution in [2.75, 3.05) is 14.2 Å². The Morgan fingerprint density at radius 3 is 2.46 bits per heavy atom. The molecule has 4 rings (SSSR count). The monoisotopic (exact) mass is 349 g/mol. The van der Waals surface area contributed by atoms with Crippen LogP contribution in [0.4, 0.5) is 0 Å². The highest BCUT2D eigenvalue weighted by molar-refractivity contribution is 6.18. The van der Waals surface area contributed by atoms with E-state index >= 15 is 0 Å². The maximum atomic E-state index is 12.6. The summed E-state index contributed by atoms with van der Waals surface area (Å²) in [5.74, 6) is 0.160. The Morgan fingerprint density at radius 2 is 1.77 bits per heavy atom. The number of para-hydroxylation sites is 1. The van der Waals surface area contributed by atoms with Crippen molar-refractivity contribution in [1.82, 2.24) is 4.98 Å². The van der Waals surface area contributed by atoms with Gasteiger partial charge in [0.15, 0.2) is 0 Å². The molecule has 2 heterocycles. The summed E-state index contributed by atoms with van der Waals surface area (Å²) >= 11 is 0. The highest BCUT2D eigenvalue weighted by Gasteiger charge is 2.24. The van der Waals surface area contributed by atoms with E-state index in [0.29, 0.717) is 33.4 Å². The van der Waals surface area contributed by atoms with Crippen LogP contribution in [0.5, 0.6) is 5.75 Å². The Labute approximate surface area is 148 Å². The Bertz CT molecular complexity index is 1180. The third-order valence-electron chi connectivity index (χ3n) is 4.33. The molecule has 0 atom stereocenters. The minimum Gasteiger partial charge on any atom is -0.497 e. The number of carbonyl (C=O) groups is 1. The van der Waals surface area contributed by atoms with Crippen LogP contribution in [-0.2, 0) is 4.74 Å². The summed E-state index contributed by atoms with van der Waals surface area (Å²) in [6.07, 6.45) is 0. The molecule has 6 nitrogen and oxygen atoms in total. The zero-order valence-electron chi connectivity index (χ0n) is 14.2. The number of hydrogen-bond donors (Lipinski definition) is 1. The zero-order chi connectivity index (χ0) is 18.3. The van der Waals surface area contributed by atoms with Gasteiger partial charge in [0.1, 0.15) is 16.8 Å². The van der Waals surface area contributed by atoms with Gasteiger partial charge in [0, 0.05) is 10.8 Å². The van der Waals surface area contributed by atoms with E-state index in [1.54, 1.807) is 49.6 Å². The van der Waals surface area contributed by atoms with E-state index in [2.05, 4.69) is 4.98 Å². The number of carbonyl (C=O) groups excluding carboxylic acids is 1. The number of hydrogen-bond acceptors (Lipinski definition) is 5. The van der Waals surface area contributed by atoms with Crippen molar-refractivity contribution in [3.05, 3.63) is 64.5 Å². The summed E-state index contributed by atoms with van der Waals surface area (Å²) in [6.45, 7) is 0. The minimum absolute atomic E-state index is 0.231. The standard InChI is InChI=1S/C20H15NO5/c1-24-12-9-7-11(8-10-12)17-16(19(22)25-2)15-13-5-3-4-6-14(13)26-20(23)18(15)21-17/h3-10,21H,1-2H3. The Kier molecular flexibility index (Phi) is 3.73. The number of benzene rings is 2. The van der Waals surface area contributed by atoms with E-state index in [0.717, 1.165) is 5.56 Å². The lowest BCUT2D eigenvalue weighted by atomic mass is 10.0. The molecule has 4 aromatic rings. The van der Waals surface area contributed by atoms with Crippen LogP contribution in [0.25, 0.3) is 33.1 Å². The lowest BCUT2D eigenvalue weighted by Gasteiger charge is -2.05. The summed E-state index contributed by atoms with van der Waals surface area (Å²) in [7, 11) is 2.89. The van der Waals surface area contributed by atoms with Gasteiger partial charge in [0.2, 0.25) is 0 Å². The van der Waals surface area contributed by atoms with Gasteiger partial charge in [0.05, 0.1) is 25.5 Å². The molecule has 0 saturated heterocycles. The quantitative estimate of drug-likeness (QED) is 0.450. The first kappa shape index (κ1) is 16.0. The van der Waals surface area contributed by atoms with E-state index in [1.807, 2.05) is 6.07 Å². The van der Waals surface area contributed by atoms with Gasteiger partial charge in [0.25, 0.3) is 0 Å². The smallest absolute Gasteiger partial charge is 0.360 e. The number of aromatic nitrogens is 1. The molecule has 0 fully saturated rings. The molecule has 6 heteroatoms. The van der Waals surface area contributed by atoms with Crippen LogP contribution in [0.2, 0.25) is 0 Å². The first-order valence-corrected chi connectivity index (χ1v) is 7.94. The van der Waals surface area contributed by atoms with Gasteiger partial charge >= 0.3 is 11.6 Å². The summed E-state index contributed by atoms with van der Waals surface area (Å²) in [5.41, 5.74) is 1.63. The number of rotatable bonds is 3. The number of esters is 1. The predicted molar refractivity (Wildman–Crippen MR) is 97.7 cm³/mol. The van der Waals surface area contributed by atoms with Gasteiger partial charge in [-0.05, 0) is 35.9 Å². The molecule has 130 valence electrons. The third kappa shape index (κ3) is 2.35. The van der Waals surface area contributed by atoms with E-state index in [1.165, 1.54) is 7.11 Å². The lowest BCUT2D eigenvalue weighted by Crippen LogP contribution is -2.04. The third-order valence-corrected chi connectivity index (χ3v) is 4.33. The molecular weight excluding hydrogens is 334 g/mol. The van der Waals surface area contributed by atoms with Crippen LogP contribution >= 0.6 is 0 Å².